The number of ether oxygens (including phenoxy) is 1. The Balaban J connectivity index is 1.84. The molecule has 1 aromatic carbocycles. The molecule has 0 bridgehead atoms. The molecule has 4 rings (SSSR count). The first-order valence-electron chi connectivity index (χ1n) is 10.5. The van der Waals surface area contributed by atoms with Gasteiger partial charge in [0, 0.05) is 42.6 Å². The highest BCUT2D eigenvalue weighted by atomic mass is 79.9. The first kappa shape index (κ1) is 25.5. The van der Waals surface area contributed by atoms with Gasteiger partial charge in [-0.3, -0.25) is 14.5 Å². The maximum atomic E-state index is 15.3. The van der Waals surface area contributed by atoms with Crippen molar-refractivity contribution in [3.8, 4) is 23.1 Å². The molecule has 0 aliphatic heterocycles. The van der Waals surface area contributed by atoms with Crippen LogP contribution in [0.3, 0.4) is 0 Å². The summed E-state index contributed by atoms with van der Waals surface area (Å²) in [5.41, 5.74) is -0.412. The number of nitro groups is 1. The number of ketones is 1. The Labute approximate surface area is 216 Å². The average molecular weight is 569 g/mol. The molecule has 3 heterocycles. The molecule has 13 heteroatoms. The number of aryl methyl sites for hydroxylation is 1. The van der Waals surface area contributed by atoms with Crippen molar-refractivity contribution in [3.05, 3.63) is 97.5 Å². The molecule has 0 unspecified atom stereocenters. The minimum atomic E-state index is -1.14. The Morgan fingerprint density at radius 2 is 2.03 bits per heavy atom. The maximum Gasteiger partial charge on any atom is 0.406 e. The van der Waals surface area contributed by atoms with Crippen molar-refractivity contribution < 1.29 is 23.2 Å². The first-order chi connectivity index (χ1) is 17.6. The van der Waals surface area contributed by atoms with Crippen LogP contribution < -0.4 is 4.74 Å². The van der Waals surface area contributed by atoms with Gasteiger partial charge in [0.2, 0.25) is 11.5 Å². The number of hydrogen-bond acceptors (Lipinski definition) is 8. The van der Waals surface area contributed by atoms with Crippen LogP contribution >= 0.6 is 15.9 Å². The van der Waals surface area contributed by atoms with E-state index in [1.54, 1.807) is 0 Å². The molecule has 0 N–H and O–H groups in total. The molecular weight excluding hydrogens is 554 g/mol. The minimum absolute atomic E-state index is 0.0563. The van der Waals surface area contributed by atoms with E-state index >= 15 is 4.39 Å². The number of pyridine rings is 2. The van der Waals surface area contributed by atoms with E-state index in [4.69, 9.17) is 4.74 Å². The minimum Gasteiger partial charge on any atom is -0.478 e. The third kappa shape index (κ3) is 5.05. The van der Waals surface area contributed by atoms with Crippen LogP contribution in [0.15, 0.2) is 53.3 Å². The molecule has 0 saturated carbocycles. The van der Waals surface area contributed by atoms with Gasteiger partial charge in [0.25, 0.3) is 0 Å². The predicted octanol–water partition coefficient (Wildman–Crippen LogP) is 5.07. The third-order valence-corrected chi connectivity index (χ3v) is 5.75. The zero-order valence-corrected chi connectivity index (χ0v) is 20.7. The molecule has 10 nitrogen and oxygen atoms in total. The van der Waals surface area contributed by atoms with Crippen LogP contribution in [0.4, 0.5) is 14.6 Å². The molecule has 37 heavy (non-hydrogen) atoms. The molecule has 4 aromatic rings. The van der Waals surface area contributed by atoms with Gasteiger partial charge < -0.3 is 14.9 Å². The van der Waals surface area contributed by atoms with Gasteiger partial charge in [0.1, 0.15) is 35.2 Å². The highest BCUT2D eigenvalue weighted by Crippen LogP contribution is 2.37. The number of aromatic nitrogens is 4. The Hall–Kier alpha value is -4.57. The fourth-order valence-electron chi connectivity index (χ4n) is 3.66. The zero-order valence-electron chi connectivity index (χ0n) is 19.1. The van der Waals surface area contributed by atoms with Gasteiger partial charge in [0.05, 0.1) is 15.7 Å². The number of halogens is 3. The molecule has 0 fully saturated rings. The Bertz CT molecular complexity index is 1600. The molecule has 1 atom stereocenters. The first-order valence-corrected chi connectivity index (χ1v) is 11.3. The number of benzene rings is 1. The van der Waals surface area contributed by atoms with Crippen LogP contribution in [0.2, 0.25) is 0 Å². The number of carbonyl (C=O) groups is 1. The van der Waals surface area contributed by atoms with Crippen molar-refractivity contribution in [2.75, 3.05) is 0 Å². The summed E-state index contributed by atoms with van der Waals surface area (Å²) >= 11 is 3.17. The van der Waals surface area contributed by atoms with Crippen molar-refractivity contribution in [2.45, 2.75) is 13.0 Å². The molecule has 0 aliphatic rings. The van der Waals surface area contributed by atoms with E-state index in [1.807, 2.05) is 6.07 Å². The predicted molar refractivity (Wildman–Crippen MR) is 129 cm³/mol. The second kappa shape index (κ2) is 10.2. The van der Waals surface area contributed by atoms with Crippen molar-refractivity contribution in [1.29, 1.82) is 5.26 Å². The SMILES string of the molecule is C[C@@H](Oc1cc(Br)cnc1[N+](=O)[O-])c1cc(F)cc(F)c1-c1ncccc1C(=O)c1cc(C#N)n(C)n1. The Morgan fingerprint density at radius 3 is 2.70 bits per heavy atom. The van der Waals surface area contributed by atoms with Gasteiger partial charge >= 0.3 is 5.82 Å². The van der Waals surface area contributed by atoms with Crippen LogP contribution in [0.1, 0.15) is 40.3 Å². The van der Waals surface area contributed by atoms with E-state index in [-0.39, 0.29) is 39.5 Å². The van der Waals surface area contributed by atoms with E-state index in [2.05, 4.69) is 31.0 Å². The topological polar surface area (TPSA) is 137 Å². The standard InChI is InChI=1S/C24H15BrF2N6O4/c1-12(37-20-6-13(25)11-30-24(20)33(35)36)17-7-14(26)8-18(27)21(17)22-16(4-3-5-29-22)23(34)19-9-15(10-28)32(2)31-19/h3-9,11-12H,1-2H3/t12-/m1/s1. The summed E-state index contributed by atoms with van der Waals surface area (Å²) in [5, 5.41) is 24.6. The van der Waals surface area contributed by atoms with Crippen molar-refractivity contribution in [2.24, 2.45) is 7.05 Å². The van der Waals surface area contributed by atoms with Gasteiger partial charge in [-0.05, 0) is 51.0 Å². The van der Waals surface area contributed by atoms with E-state index in [0.29, 0.717) is 10.5 Å². The van der Waals surface area contributed by atoms with Crippen LogP contribution in [-0.2, 0) is 7.05 Å². The lowest BCUT2D eigenvalue weighted by Gasteiger charge is -2.20. The number of carbonyl (C=O) groups excluding carboxylic acids is 1. The lowest BCUT2D eigenvalue weighted by atomic mass is 9.94. The van der Waals surface area contributed by atoms with E-state index in [9.17, 15) is 24.6 Å². The Kier molecular flexibility index (Phi) is 7.03. The van der Waals surface area contributed by atoms with Crippen molar-refractivity contribution >= 4 is 27.5 Å². The quantitative estimate of drug-likeness (QED) is 0.171. The average Bonchev–Trinajstić information content (AvgIpc) is 3.23. The van der Waals surface area contributed by atoms with Gasteiger partial charge in [-0.25, -0.2) is 8.78 Å². The van der Waals surface area contributed by atoms with Crippen LogP contribution in [0, 0.1) is 33.1 Å². The lowest BCUT2D eigenvalue weighted by molar-refractivity contribution is -0.390. The molecule has 0 radical (unpaired) electrons. The fourth-order valence-corrected chi connectivity index (χ4v) is 3.97. The molecule has 0 spiro atoms. The second-order valence-corrected chi connectivity index (χ2v) is 8.64. The van der Waals surface area contributed by atoms with Gasteiger partial charge in [-0.15, -0.1) is 0 Å². The van der Waals surface area contributed by atoms with Crippen molar-refractivity contribution in [3.63, 3.8) is 0 Å². The monoisotopic (exact) mass is 568 g/mol. The largest absolute Gasteiger partial charge is 0.478 e. The molecule has 0 aliphatic carbocycles. The fraction of sp³-hybridized carbons (Fsp3) is 0.125. The number of nitrogens with zero attached hydrogens (tertiary/aromatic N) is 6. The summed E-state index contributed by atoms with van der Waals surface area (Å²) in [6.45, 7) is 1.44. The molecule has 0 saturated heterocycles. The van der Waals surface area contributed by atoms with E-state index in [1.165, 1.54) is 55.3 Å². The summed E-state index contributed by atoms with van der Waals surface area (Å²) in [6, 6.07) is 8.98. The summed E-state index contributed by atoms with van der Waals surface area (Å²) in [6.07, 6.45) is 1.40. The van der Waals surface area contributed by atoms with Crippen LogP contribution in [-0.4, -0.2) is 30.5 Å². The summed E-state index contributed by atoms with van der Waals surface area (Å²) in [4.78, 5) is 31.8. The highest BCUT2D eigenvalue weighted by Gasteiger charge is 2.28. The summed E-state index contributed by atoms with van der Waals surface area (Å²) < 4.78 is 37.0. The molecular formula is C24H15BrF2N6O4. The normalized spacial score (nSPS) is 11.6. The van der Waals surface area contributed by atoms with Crippen molar-refractivity contribution in [1.82, 2.24) is 19.7 Å². The molecule has 0 amide bonds. The van der Waals surface area contributed by atoms with Gasteiger partial charge in [-0.1, -0.05) is 0 Å². The number of rotatable bonds is 7. The summed E-state index contributed by atoms with van der Waals surface area (Å²) in [7, 11) is 1.49. The number of hydrogen-bond donors (Lipinski definition) is 0. The zero-order chi connectivity index (χ0) is 26.9. The van der Waals surface area contributed by atoms with Crippen LogP contribution in [0.5, 0.6) is 5.75 Å². The van der Waals surface area contributed by atoms with Gasteiger partial charge in [0.15, 0.2) is 6.20 Å². The van der Waals surface area contributed by atoms with Crippen LogP contribution in [0.25, 0.3) is 11.3 Å². The second-order valence-electron chi connectivity index (χ2n) is 7.72. The smallest absolute Gasteiger partial charge is 0.406 e. The van der Waals surface area contributed by atoms with E-state index in [0.717, 1.165) is 6.07 Å². The van der Waals surface area contributed by atoms with E-state index < -0.39 is 34.3 Å². The lowest BCUT2D eigenvalue weighted by Crippen LogP contribution is -2.12. The Morgan fingerprint density at radius 1 is 1.27 bits per heavy atom. The third-order valence-electron chi connectivity index (χ3n) is 5.32. The van der Waals surface area contributed by atoms with Gasteiger partial charge in [-0.2, -0.15) is 10.4 Å². The summed E-state index contributed by atoms with van der Waals surface area (Å²) in [5.74, 6) is -3.43. The molecule has 3 aromatic heterocycles. The molecule has 186 valence electrons. The number of nitriles is 1. The highest BCUT2D eigenvalue weighted by molar-refractivity contribution is 9.10. The maximum absolute atomic E-state index is 15.3.